The van der Waals surface area contributed by atoms with Gasteiger partial charge in [0.2, 0.25) is 5.91 Å². The van der Waals surface area contributed by atoms with Crippen LogP contribution in [0.5, 0.6) is 0 Å². The first kappa shape index (κ1) is 12.5. The molecule has 0 spiro atoms. The Labute approximate surface area is 117 Å². The number of amides is 1. The molecule has 0 aliphatic carbocycles. The standard InChI is InChI=1S/C15H16N4O/c1-19(9-10-3-2-4-17-8-10)14-7-13-11(5-12(14)16)6-15(20)18-13/h2-5,7-8H,6,9,16H2,1H3,(H,18,20). The van der Waals surface area contributed by atoms with Crippen LogP contribution in [-0.4, -0.2) is 17.9 Å². The highest BCUT2D eigenvalue weighted by Gasteiger charge is 2.20. The van der Waals surface area contributed by atoms with E-state index in [9.17, 15) is 4.79 Å². The first-order chi connectivity index (χ1) is 9.63. The summed E-state index contributed by atoms with van der Waals surface area (Å²) in [6.45, 7) is 0.713. The third-order valence-electron chi connectivity index (χ3n) is 3.43. The van der Waals surface area contributed by atoms with E-state index in [1.54, 1.807) is 6.20 Å². The number of nitrogen functional groups attached to an aromatic ring is 1. The number of hydrogen-bond acceptors (Lipinski definition) is 4. The van der Waals surface area contributed by atoms with Crippen molar-refractivity contribution in [1.29, 1.82) is 0 Å². The molecule has 1 aliphatic heterocycles. The summed E-state index contributed by atoms with van der Waals surface area (Å²) in [5, 5.41) is 2.85. The summed E-state index contributed by atoms with van der Waals surface area (Å²) in [6, 6.07) is 7.75. The van der Waals surface area contributed by atoms with Crippen LogP contribution >= 0.6 is 0 Å². The highest BCUT2D eigenvalue weighted by atomic mass is 16.1. The summed E-state index contributed by atoms with van der Waals surface area (Å²) < 4.78 is 0. The van der Waals surface area contributed by atoms with Gasteiger partial charge < -0.3 is 16.0 Å². The second kappa shape index (κ2) is 4.85. The Morgan fingerprint density at radius 2 is 2.30 bits per heavy atom. The second-order valence-electron chi connectivity index (χ2n) is 5.01. The van der Waals surface area contributed by atoms with Gasteiger partial charge in [0.1, 0.15) is 0 Å². The molecule has 20 heavy (non-hydrogen) atoms. The Morgan fingerprint density at radius 3 is 3.05 bits per heavy atom. The van der Waals surface area contributed by atoms with Gasteiger partial charge in [-0.15, -0.1) is 0 Å². The SMILES string of the molecule is CN(Cc1cccnc1)c1cc2c(cc1N)CC(=O)N2. The van der Waals surface area contributed by atoms with Crippen LogP contribution in [0.3, 0.4) is 0 Å². The number of nitrogens with two attached hydrogens (primary N) is 1. The van der Waals surface area contributed by atoms with Crippen molar-refractivity contribution in [2.75, 3.05) is 23.0 Å². The van der Waals surface area contributed by atoms with Gasteiger partial charge in [-0.3, -0.25) is 9.78 Å². The van der Waals surface area contributed by atoms with Gasteiger partial charge in [0, 0.05) is 31.7 Å². The molecule has 102 valence electrons. The van der Waals surface area contributed by atoms with Crippen LogP contribution in [-0.2, 0) is 17.8 Å². The van der Waals surface area contributed by atoms with Crippen molar-refractivity contribution in [1.82, 2.24) is 4.98 Å². The van der Waals surface area contributed by atoms with Crippen molar-refractivity contribution >= 4 is 23.0 Å². The minimum absolute atomic E-state index is 0.0199. The van der Waals surface area contributed by atoms with Crippen LogP contribution in [0.15, 0.2) is 36.7 Å². The van der Waals surface area contributed by atoms with Crippen molar-refractivity contribution in [2.45, 2.75) is 13.0 Å². The summed E-state index contributed by atoms with van der Waals surface area (Å²) in [5.41, 5.74) is 10.6. The lowest BCUT2D eigenvalue weighted by Crippen LogP contribution is -2.18. The summed E-state index contributed by atoms with van der Waals surface area (Å²) in [6.07, 6.45) is 4.00. The predicted octanol–water partition coefficient (Wildman–Crippen LogP) is 1.79. The molecule has 0 saturated heterocycles. The van der Waals surface area contributed by atoms with Crippen LogP contribution < -0.4 is 16.0 Å². The molecule has 0 radical (unpaired) electrons. The van der Waals surface area contributed by atoms with Gasteiger partial charge in [0.15, 0.2) is 0 Å². The predicted molar refractivity (Wildman–Crippen MR) is 79.5 cm³/mol. The summed E-state index contributed by atoms with van der Waals surface area (Å²) in [4.78, 5) is 17.6. The molecule has 2 heterocycles. The molecule has 5 heteroatoms. The Balaban J connectivity index is 1.87. The molecule has 0 atom stereocenters. The number of nitrogens with one attached hydrogen (secondary N) is 1. The van der Waals surface area contributed by atoms with Crippen LogP contribution in [0.4, 0.5) is 17.1 Å². The van der Waals surface area contributed by atoms with Gasteiger partial charge in [0.25, 0.3) is 0 Å². The average molecular weight is 268 g/mol. The molecule has 5 nitrogen and oxygen atoms in total. The van der Waals surface area contributed by atoms with E-state index in [0.29, 0.717) is 18.7 Å². The minimum atomic E-state index is 0.0199. The Bertz CT molecular complexity index is 654. The number of fused-ring (bicyclic) bond motifs is 1. The highest BCUT2D eigenvalue weighted by Crippen LogP contribution is 2.33. The molecule has 0 bridgehead atoms. The fraction of sp³-hybridized carbons (Fsp3) is 0.200. The largest absolute Gasteiger partial charge is 0.397 e. The number of aromatic nitrogens is 1. The van der Waals surface area contributed by atoms with Gasteiger partial charge >= 0.3 is 0 Å². The van der Waals surface area contributed by atoms with Crippen LogP contribution in [0.2, 0.25) is 0 Å². The summed E-state index contributed by atoms with van der Waals surface area (Å²) in [5.74, 6) is 0.0199. The third-order valence-corrected chi connectivity index (χ3v) is 3.43. The maximum atomic E-state index is 11.4. The Hall–Kier alpha value is -2.56. The molecular formula is C15H16N4O. The number of carbonyl (C=O) groups excluding carboxylic acids is 1. The fourth-order valence-corrected chi connectivity index (χ4v) is 2.46. The molecular weight excluding hydrogens is 252 g/mol. The van der Waals surface area contributed by atoms with E-state index in [1.165, 1.54) is 0 Å². The van der Waals surface area contributed by atoms with E-state index in [2.05, 4.69) is 15.2 Å². The maximum Gasteiger partial charge on any atom is 0.228 e. The number of pyridine rings is 1. The Morgan fingerprint density at radius 1 is 1.45 bits per heavy atom. The molecule has 2 aromatic rings. The zero-order chi connectivity index (χ0) is 14.1. The van der Waals surface area contributed by atoms with Crippen molar-refractivity contribution in [3.05, 3.63) is 47.8 Å². The first-order valence-corrected chi connectivity index (χ1v) is 6.46. The van der Waals surface area contributed by atoms with Crippen molar-refractivity contribution < 1.29 is 4.79 Å². The highest BCUT2D eigenvalue weighted by molar-refractivity contribution is 6.00. The lowest BCUT2D eigenvalue weighted by atomic mass is 10.1. The number of hydrogen-bond donors (Lipinski definition) is 2. The quantitative estimate of drug-likeness (QED) is 0.833. The van der Waals surface area contributed by atoms with Crippen LogP contribution in [0.1, 0.15) is 11.1 Å². The van der Waals surface area contributed by atoms with Crippen molar-refractivity contribution in [2.24, 2.45) is 0 Å². The fourth-order valence-electron chi connectivity index (χ4n) is 2.46. The summed E-state index contributed by atoms with van der Waals surface area (Å²) >= 11 is 0. The van der Waals surface area contributed by atoms with Gasteiger partial charge in [-0.05, 0) is 29.3 Å². The van der Waals surface area contributed by atoms with E-state index < -0.39 is 0 Å². The Kier molecular flexibility index (Phi) is 3.02. The zero-order valence-electron chi connectivity index (χ0n) is 11.3. The third kappa shape index (κ3) is 2.30. The normalized spacial score (nSPS) is 12.9. The molecule has 0 fully saturated rings. The molecule has 1 aliphatic rings. The molecule has 3 rings (SSSR count). The van der Waals surface area contributed by atoms with E-state index in [4.69, 9.17) is 5.73 Å². The van der Waals surface area contributed by atoms with Crippen molar-refractivity contribution in [3.8, 4) is 0 Å². The number of anilines is 3. The van der Waals surface area contributed by atoms with E-state index in [-0.39, 0.29) is 5.91 Å². The lowest BCUT2D eigenvalue weighted by Gasteiger charge is -2.22. The van der Waals surface area contributed by atoms with Gasteiger partial charge in [0.05, 0.1) is 17.8 Å². The first-order valence-electron chi connectivity index (χ1n) is 6.46. The summed E-state index contributed by atoms with van der Waals surface area (Å²) in [7, 11) is 1.97. The zero-order valence-corrected chi connectivity index (χ0v) is 11.3. The van der Waals surface area contributed by atoms with Crippen molar-refractivity contribution in [3.63, 3.8) is 0 Å². The van der Waals surface area contributed by atoms with E-state index >= 15 is 0 Å². The molecule has 1 aromatic heterocycles. The van der Waals surface area contributed by atoms with Gasteiger partial charge in [-0.25, -0.2) is 0 Å². The number of carbonyl (C=O) groups is 1. The van der Waals surface area contributed by atoms with Crippen LogP contribution in [0.25, 0.3) is 0 Å². The maximum absolute atomic E-state index is 11.4. The molecule has 0 unspecified atom stereocenters. The number of nitrogens with zero attached hydrogens (tertiary/aromatic N) is 2. The minimum Gasteiger partial charge on any atom is -0.397 e. The lowest BCUT2D eigenvalue weighted by molar-refractivity contribution is -0.115. The topological polar surface area (TPSA) is 71.2 Å². The van der Waals surface area contributed by atoms with Crippen LogP contribution in [0, 0.1) is 0 Å². The number of rotatable bonds is 3. The molecule has 3 N–H and O–H groups in total. The smallest absolute Gasteiger partial charge is 0.228 e. The molecule has 1 aromatic carbocycles. The van der Waals surface area contributed by atoms with Gasteiger partial charge in [-0.2, -0.15) is 0 Å². The molecule has 0 saturated carbocycles. The molecule has 1 amide bonds. The average Bonchev–Trinajstić information content (AvgIpc) is 2.78. The second-order valence-corrected chi connectivity index (χ2v) is 5.01. The van der Waals surface area contributed by atoms with Gasteiger partial charge in [-0.1, -0.05) is 6.07 Å². The number of benzene rings is 1. The van der Waals surface area contributed by atoms with E-state index in [0.717, 1.165) is 22.5 Å². The monoisotopic (exact) mass is 268 g/mol. The van der Waals surface area contributed by atoms with E-state index in [1.807, 2.05) is 37.5 Å².